The van der Waals surface area contributed by atoms with Crippen molar-refractivity contribution in [3.8, 4) is 5.75 Å². The van der Waals surface area contributed by atoms with Crippen LogP contribution in [0.3, 0.4) is 0 Å². The number of rotatable bonds is 4. The number of aliphatic imine (C=N–C) groups is 1. The van der Waals surface area contributed by atoms with Crippen molar-refractivity contribution in [3.63, 3.8) is 0 Å². The Labute approximate surface area is 154 Å². The number of methoxy groups -OCH3 is 1. The monoisotopic (exact) mass is 369 g/mol. The van der Waals surface area contributed by atoms with Crippen LogP contribution in [-0.2, 0) is 0 Å². The molecule has 0 spiro atoms. The molecule has 1 fully saturated rings. The molecule has 0 atom stereocenters. The minimum Gasteiger partial charge on any atom is -0.497 e. The van der Waals surface area contributed by atoms with Crippen LogP contribution in [0.4, 0.5) is 5.69 Å². The molecule has 2 aliphatic carbocycles. The largest absolute Gasteiger partial charge is 0.497 e. The average molecular weight is 370 g/mol. The molecule has 0 saturated heterocycles. The molecule has 25 heavy (non-hydrogen) atoms. The molecule has 0 radical (unpaired) electrons. The van der Waals surface area contributed by atoms with E-state index in [1.165, 1.54) is 25.0 Å². The van der Waals surface area contributed by atoms with Crippen LogP contribution < -0.4 is 4.74 Å². The van der Waals surface area contributed by atoms with E-state index >= 15 is 0 Å². The highest BCUT2D eigenvalue weighted by Gasteiger charge is 2.42. The Morgan fingerprint density at radius 3 is 1.68 bits per heavy atom. The van der Waals surface area contributed by atoms with Crippen molar-refractivity contribution in [2.75, 3.05) is 7.11 Å². The summed E-state index contributed by atoms with van der Waals surface area (Å²) in [6, 6.07) is 8.19. The Hall–Kier alpha value is -1.40. The maximum absolute atomic E-state index is 5.30. The van der Waals surface area contributed by atoms with Gasteiger partial charge in [-0.25, -0.2) is 4.99 Å². The normalized spacial score (nSPS) is 18.1. The van der Waals surface area contributed by atoms with Gasteiger partial charge in [0.15, 0.2) is 0 Å². The van der Waals surface area contributed by atoms with E-state index in [4.69, 9.17) is 9.73 Å². The zero-order valence-corrected chi connectivity index (χ0v) is 18.8. The molecule has 3 rings (SSSR count). The van der Waals surface area contributed by atoms with E-state index in [9.17, 15) is 0 Å². The predicted molar refractivity (Wildman–Crippen MR) is 115 cm³/mol. The number of nitrogens with zero attached hydrogens (tertiary/aromatic N) is 1. The van der Waals surface area contributed by atoms with Crippen LogP contribution in [0.15, 0.2) is 50.8 Å². The van der Waals surface area contributed by atoms with E-state index < -0.39 is 16.1 Å². The molecule has 0 heterocycles. The topological polar surface area (TPSA) is 21.6 Å². The maximum atomic E-state index is 5.30. The summed E-state index contributed by atoms with van der Waals surface area (Å²) in [4.78, 5) is 5.23. The number of ether oxygens (including phenoxy) is 1. The van der Waals surface area contributed by atoms with E-state index in [0.717, 1.165) is 11.4 Å². The zero-order chi connectivity index (χ0) is 18.4. The van der Waals surface area contributed by atoms with Crippen molar-refractivity contribution < 1.29 is 4.74 Å². The van der Waals surface area contributed by atoms with Crippen LogP contribution in [0.25, 0.3) is 0 Å². The summed E-state index contributed by atoms with van der Waals surface area (Å²) >= 11 is 0. The summed E-state index contributed by atoms with van der Waals surface area (Å²) < 4.78 is 5.30. The Kier molecular flexibility index (Phi) is 4.71. The third-order valence-corrected chi connectivity index (χ3v) is 9.19. The van der Waals surface area contributed by atoms with Gasteiger partial charge in [0.05, 0.1) is 34.7 Å². The molecule has 0 aliphatic heterocycles. The van der Waals surface area contributed by atoms with E-state index in [2.05, 4.69) is 51.4 Å². The summed E-state index contributed by atoms with van der Waals surface area (Å²) in [7, 11) is -1.21. The second kappa shape index (κ2) is 6.40. The number of fused-ring (bicyclic) bond motifs is 1. The van der Waals surface area contributed by atoms with Crippen LogP contribution in [0.5, 0.6) is 5.75 Å². The van der Waals surface area contributed by atoms with Gasteiger partial charge in [-0.05, 0) is 65.1 Å². The van der Waals surface area contributed by atoms with Crippen molar-refractivity contribution in [1.82, 2.24) is 0 Å². The highest BCUT2D eigenvalue weighted by Crippen LogP contribution is 2.47. The molecule has 0 amide bonds. The van der Waals surface area contributed by atoms with Gasteiger partial charge < -0.3 is 4.74 Å². The van der Waals surface area contributed by atoms with Crippen LogP contribution >= 0.6 is 0 Å². The molecule has 2 nitrogen and oxygen atoms in total. The van der Waals surface area contributed by atoms with E-state index in [1.54, 1.807) is 28.6 Å². The number of hydrogen-bond acceptors (Lipinski definition) is 2. The fraction of sp³-hybridized carbons (Fsp3) is 0.476. The average Bonchev–Trinajstić information content (AvgIpc) is 3.05. The first-order valence-electron chi connectivity index (χ1n) is 9.34. The Balaban J connectivity index is 2.19. The second-order valence-electron chi connectivity index (χ2n) is 9.22. The van der Waals surface area contributed by atoms with E-state index in [1.807, 2.05) is 12.1 Å². The Bertz CT molecular complexity index is 732. The summed E-state index contributed by atoms with van der Waals surface area (Å²) in [6.45, 7) is 14.8. The minimum absolute atomic E-state index is 0.889. The lowest BCUT2D eigenvalue weighted by Crippen LogP contribution is -2.35. The molecular weight excluding hydrogens is 338 g/mol. The minimum atomic E-state index is -1.46. The molecule has 0 aromatic heterocycles. The molecule has 2 aliphatic rings. The lowest BCUT2D eigenvalue weighted by Gasteiger charge is -2.26. The first kappa shape index (κ1) is 18.4. The maximum Gasteiger partial charge on any atom is 0.119 e. The SMILES string of the molecule is COc1ccc(N=C2C([Si](C)(C)C)=C3CCCC3=C2[Si](C)(C)C)cc1. The number of hydrogen-bond donors (Lipinski definition) is 0. The fourth-order valence-electron chi connectivity index (χ4n) is 4.22. The Morgan fingerprint density at radius 2 is 1.28 bits per heavy atom. The smallest absolute Gasteiger partial charge is 0.119 e. The van der Waals surface area contributed by atoms with Crippen LogP contribution in [-0.4, -0.2) is 29.0 Å². The summed E-state index contributed by atoms with van der Waals surface area (Å²) in [5.41, 5.74) is 5.73. The molecule has 0 N–H and O–H groups in total. The molecule has 1 saturated carbocycles. The van der Waals surface area contributed by atoms with Crippen molar-refractivity contribution >= 4 is 27.5 Å². The van der Waals surface area contributed by atoms with Crippen molar-refractivity contribution in [2.45, 2.75) is 58.5 Å². The molecule has 4 heteroatoms. The van der Waals surface area contributed by atoms with Gasteiger partial charge in [-0.1, -0.05) is 39.3 Å². The predicted octanol–water partition coefficient (Wildman–Crippen LogP) is 6.31. The summed E-state index contributed by atoms with van der Waals surface area (Å²) in [6.07, 6.45) is 3.83. The first-order valence-corrected chi connectivity index (χ1v) is 16.3. The van der Waals surface area contributed by atoms with Crippen LogP contribution in [0.1, 0.15) is 19.3 Å². The van der Waals surface area contributed by atoms with Crippen molar-refractivity contribution in [3.05, 3.63) is 45.8 Å². The highest BCUT2D eigenvalue weighted by atomic mass is 28.3. The third-order valence-electron chi connectivity index (χ3n) is 5.11. The van der Waals surface area contributed by atoms with E-state index in [-0.39, 0.29) is 0 Å². The van der Waals surface area contributed by atoms with Crippen molar-refractivity contribution in [2.24, 2.45) is 4.99 Å². The van der Waals surface area contributed by atoms with Gasteiger partial charge in [-0.3, -0.25) is 0 Å². The molecular formula is C21H31NOSi2. The van der Waals surface area contributed by atoms with Gasteiger partial charge in [0.1, 0.15) is 5.75 Å². The van der Waals surface area contributed by atoms with Crippen molar-refractivity contribution in [1.29, 1.82) is 0 Å². The molecule has 0 bridgehead atoms. The molecule has 134 valence electrons. The second-order valence-corrected chi connectivity index (χ2v) is 19.2. The number of benzene rings is 1. The highest BCUT2D eigenvalue weighted by molar-refractivity contribution is 6.95. The molecule has 1 aromatic rings. The summed E-state index contributed by atoms with van der Waals surface area (Å²) in [5.74, 6) is 0.889. The van der Waals surface area contributed by atoms with Gasteiger partial charge in [-0.2, -0.15) is 0 Å². The van der Waals surface area contributed by atoms with Gasteiger partial charge in [0, 0.05) is 0 Å². The summed E-state index contributed by atoms with van der Waals surface area (Å²) in [5, 5.41) is 3.27. The third kappa shape index (κ3) is 3.47. The van der Waals surface area contributed by atoms with Gasteiger partial charge in [0.25, 0.3) is 0 Å². The quantitative estimate of drug-likeness (QED) is 0.570. The number of allylic oxidation sites excluding steroid dienone is 4. The standard InChI is InChI=1S/C21H31NOSi2/c1-23-16-13-11-15(12-14-16)22-19-20(24(2,3)4)17-9-8-10-18(17)21(19)25(5,6)7/h11-14H,8-10H2,1-7H3. The molecule has 1 aromatic carbocycles. The van der Waals surface area contributed by atoms with Gasteiger partial charge in [0.2, 0.25) is 0 Å². The van der Waals surface area contributed by atoms with Crippen LogP contribution in [0.2, 0.25) is 39.3 Å². The lowest BCUT2D eigenvalue weighted by molar-refractivity contribution is 0.415. The Morgan fingerprint density at radius 1 is 0.800 bits per heavy atom. The zero-order valence-electron chi connectivity index (χ0n) is 16.8. The lowest BCUT2D eigenvalue weighted by atomic mass is 10.2. The van der Waals surface area contributed by atoms with Gasteiger partial charge >= 0.3 is 0 Å². The van der Waals surface area contributed by atoms with Crippen LogP contribution in [0, 0.1) is 0 Å². The van der Waals surface area contributed by atoms with Gasteiger partial charge in [-0.15, -0.1) is 0 Å². The molecule has 0 unspecified atom stereocenters. The first-order chi connectivity index (χ1) is 11.6. The van der Waals surface area contributed by atoms with E-state index in [0.29, 0.717) is 0 Å². The fourth-order valence-corrected chi connectivity index (χ4v) is 8.49.